The summed E-state index contributed by atoms with van der Waals surface area (Å²) in [7, 11) is 1.88. The first-order valence-electron chi connectivity index (χ1n) is 7.01. The van der Waals surface area contributed by atoms with E-state index in [-0.39, 0.29) is 12.0 Å². The molecule has 0 saturated carbocycles. The Balaban J connectivity index is 1.77. The average molecular weight is 306 g/mol. The maximum absolute atomic E-state index is 12.7. The molecular weight excluding hydrogens is 288 g/mol. The molecule has 21 heavy (non-hydrogen) atoms. The first-order valence-corrected chi connectivity index (χ1v) is 7.89. The Bertz CT molecular complexity index is 636. The van der Waals surface area contributed by atoms with Crippen LogP contribution in [0.25, 0.3) is 0 Å². The van der Waals surface area contributed by atoms with Crippen molar-refractivity contribution >= 4 is 17.2 Å². The number of hydrogen-bond acceptors (Lipinski definition) is 5. The summed E-state index contributed by atoms with van der Waals surface area (Å²) < 4.78 is 7.58. The van der Waals surface area contributed by atoms with Gasteiger partial charge in [0.1, 0.15) is 12.4 Å². The maximum Gasteiger partial charge on any atom is 0.264 e. The first-order chi connectivity index (χ1) is 10.2. The van der Waals surface area contributed by atoms with Crippen LogP contribution in [0.1, 0.15) is 34.1 Å². The Morgan fingerprint density at radius 1 is 1.57 bits per heavy atom. The maximum atomic E-state index is 12.7. The number of morpholine rings is 1. The third kappa shape index (κ3) is 2.71. The summed E-state index contributed by atoms with van der Waals surface area (Å²) in [6.45, 7) is 3.73. The highest BCUT2D eigenvalue weighted by atomic mass is 32.1. The van der Waals surface area contributed by atoms with Gasteiger partial charge in [0.2, 0.25) is 0 Å². The SMILES string of the molecule is CCc1ccsc1C(=O)N1CCO[C@H](c2nncn2C)C1. The fourth-order valence-corrected chi connectivity index (χ4v) is 3.48. The molecular formula is C14H18N4O2S. The summed E-state index contributed by atoms with van der Waals surface area (Å²) in [6, 6.07) is 2.03. The van der Waals surface area contributed by atoms with Gasteiger partial charge in [0.05, 0.1) is 18.0 Å². The number of thiophene rings is 1. The molecule has 0 N–H and O–H groups in total. The Labute approximate surface area is 127 Å². The molecule has 3 rings (SSSR count). The second kappa shape index (κ2) is 5.95. The predicted octanol–water partition coefficient (Wildman–Crippen LogP) is 1.65. The van der Waals surface area contributed by atoms with Crippen molar-refractivity contribution in [2.24, 2.45) is 7.05 Å². The summed E-state index contributed by atoms with van der Waals surface area (Å²) in [5.41, 5.74) is 1.12. The zero-order valence-electron chi connectivity index (χ0n) is 12.2. The molecule has 0 spiro atoms. The molecule has 0 aliphatic carbocycles. The summed E-state index contributed by atoms with van der Waals surface area (Å²) >= 11 is 1.51. The second-order valence-electron chi connectivity index (χ2n) is 5.04. The molecule has 3 heterocycles. The van der Waals surface area contributed by atoms with Crippen molar-refractivity contribution in [3.63, 3.8) is 0 Å². The smallest absolute Gasteiger partial charge is 0.264 e. The molecule has 1 aliphatic rings. The Kier molecular flexibility index (Phi) is 4.03. The van der Waals surface area contributed by atoms with Crippen molar-refractivity contribution in [3.8, 4) is 0 Å². The molecule has 2 aromatic heterocycles. The van der Waals surface area contributed by atoms with E-state index in [1.54, 1.807) is 6.33 Å². The largest absolute Gasteiger partial charge is 0.366 e. The van der Waals surface area contributed by atoms with Crippen molar-refractivity contribution in [1.82, 2.24) is 19.7 Å². The van der Waals surface area contributed by atoms with Crippen LogP contribution in [0.4, 0.5) is 0 Å². The number of carbonyl (C=O) groups is 1. The zero-order chi connectivity index (χ0) is 14.8. The monoisotopic (exact) mass is 306 g/mol. The Morgan fingerprint density at radius 3 is 3.14 bits per heavy atom. The second-order valence-corrected chi connectivity index (χ2v) is 5.96. The van der Waals surface area contributed by atoms with Crippen LogP contribution in [0.2, 0.25) is 0 Å². The average Bonchev–Trinajstić information content (AvgIpc) is 3.15. The van der Waals surface area contributed by atoms with E-state index in [4.69, 9.17) is 4.74 Å². The van der Waals surface area contributed by atoms with Gasteiger partial charge in [-0.15, -0.1) is 21.5 Å². The van der Waals surface area contributed by atoms with Crippen LogP contribution in [0, 0.1) is 0 Å². The summed E-state index contributed by atoms with van der Waals surface area (Å²) in [5, 5.41) is 9.94. The van der Waals surface area contributed by atoms with E-state index in [9.17, 15) is 4.79 Å². The van der Waals surface area contributed by atoms with Crippen molar-refractivity contribution in [2.75, 3.05) is 19.7 Å². The van der Waals surface area contributed by atoms with Crippen molar-refractivity contribution in [2.45, 2.75) is 19.4 Å². The number of carbonyl (C=O) groups excluding carboxylic acids is 1. The van der Waals surface area contributed by atoms with Gasteiger partial charge in [0.15, 0.2) is 5.82 Å². The molecule has 112 valence electrons. The van der Waals surface area contributed by atoms with Crippen molar-refractivity contribution in [3.05, 3.63) is 34.0 Å². The molecule has 1 aliphatic heterocycles. The van der Waals surface area contributed by atoms with Gasteiger partial charge in [-0.05, 0) is 23.4 Å². The van der Waals surface area contributed by atoms with Gasteiger partial charge in [-0.25, -0.2) is 0 Å². The minimum absolute atomic E-state index is 0.0947. The number of hydrogen-bond donors (Lipinski definition) is 0. The van der Waals surface area contributed by atoms with E-state index in [1.165, 1.54) is 11.3 Å². The topological polar surface area (TPSA) is 60.3 Å². The molecule has 0 unspecified atom stereocenters. The van der Waals surface area contributed by atoms with Gasteiger partial charge < -0.3 is 14.2 Å². The molecule has 0 radical (unpaired) electrons. The Hall–Kier alpha value is -1.73. The van der Waals surface area contributed by atoms with E-state index < -0.39 is 0 Å². The molecule has 2 aromatic rings. The van der Waals surface area contributed by atoms with Gasteiger partial charge in [0, 0.05) is 13.6 Å². The lowest BCUT2D eigenvalue weighted by molar-refractivity contribution is -0.0279. The molecule has 6 nitrogen and oxygen atoms in total. The van der Waals surface area contributed by atoms with Crippen molar-refractivity contribution < 1.29 is 9.53 Å². The van der Waals surface area contributed by atoms with E-state index in [2.05, 4.69) is 17.1 Å². The number of amides is 1. The standard InChI is InChI=1S/C14H18N4O2S/c1-3-10-4-7-21-12(10)14(19)18-5-6-20-11(8-18)13-16-15-9-17(13)2/h4,7,9,11H,3,5-6,8H2,1-2H3/t11-/m0/s1. The van der Waals surface area contributed by atoms with E-state index in [0.717, 1.165) is 22.7 Å². The first kappa shape index (κ1) is 14.2. The fourth-order valence-electron chi connectivity index (χ4n) is 2.52. The van der Waals surface area contributed by atoms with E-state index >= 15 is 0 Å². The molecule has 1 saturated heterocycles. The normalized spacial score (nSPS) is 19.0. The number of ether oxygens (including phenoxy) is 1. The fraction of sp³-hybridized carbons (Fsp3) is 0.500. The van der Waals surface area contributed by atoms with Crippen LogP contribution < -0.4 is 0 Å². The number of rotatable bonds is 3. The number of nitrogens with zero attached hydrogens (tertiary/aromatic N) is 4. The van der Waals surface area contributed by atoms with Crippen molar-refractivity contribution in [1.29, 1.82) is 0 Å². The predicted molar refractivity (Wildman–Crippen MR) is 79.3 cm³/mol. The lowest BCUT2D eigenvalue weighted by Crippen LogP contribution is -2.42. The summed E-state index contributed by atoms with van der Waals surface area (Å²) in [4.78, 5) is 15.4. The molecule has 1 amide bonds. The minimum Gasteiger partial charge on any atom is -0.366 e. The molecule has 0 bridgehead atoms. The quantitative estimate of drug-likeness (QED) is 0.865. The van der Waals surface area contributed by atoms with Crippen LogP contribution in [-0.4, -0.2) is 45.3 Å². The van der Waals surface area contributed by atoms with Crippen LogP contribution in [0.5, 0.6) is 0 Å². The molecule has 1 fully saturated rings. The lowest BCUT2D eigenvalue weighted by Gasteiger charge is -2.32. The van der Waals surface area contributed by atoms with Gasteiger partial charge in [0.25, 0.3) is 5.91 Å². The summed E-state index contributed by atoms with van der Waals surface area (Å²) in [5.74, 6) is 0.853. The third-order valence-electron chi connectivity index (χ3n) is 3.71. The third-order valence-corrected chi connectivity index (χ3v) is 4.65. The van der Waals surface area contributed by atoms with Crippen LogP contribution >= 0.6 is 11.3 Å². The van der Waals surface area contributed by atoms with Crippen LogP contribution in [-0.2, 0) is 18.2 Å². The highest BCUT2D eigenvalue weighted by Gasteiger charge is 2.29. The van der Waals surface area contributed by atoms with E-state index in [1.807, 2.05) is 28.0 Å². The molecule has 1 atom stereocenters. The number of aryl methyl sites for hydroxylation is 2. The van der Waals surface area contributed by atoms with Gasteiger partial charge in [-0.2, -0.15) is 0 Å². The number of aromatic nitrogens is 3. The van der Waals surface area contributed by atoms with Gasteiger partial charge in [-0.1, -0.05) is 6.92 Å². The highest BCUT2D eigenvalue weighted by Crippen LogP contribution is 2.24. The highest BCUT2D eigenvalue weighted by molar-refractivity contribution is 7.12. The van der Waals surface area contributed by atoms with Gasteiger partial charge in [-0.3, -0.25) is 4.79 Å². The Morgan fingerprint density at radius 2 is 2.43 bits per heavy atom. The minimum atomic E-state index is -0.208. The van der Waals surface area contributed by atoms with Crippen LogP contribution in [0.3, 0.4) is 0 Å². The van der Waals surface area contributed by atoms with E-state index in [0.29, 0.717) is 19.7 Å². The van der Waals surface area contributed by atoms with Crippen LogP contribution in [0.15, 0.2) is 17.8 Å². The zero-order valence-corrected chi connectivity index (χ0v) is 13.0. The molecule has 7 heteroatoms. The lowest BCUT2D eigenvalue weighted by atomic mass is 10.1. The van der Waals surface area contributed by atoms with Gasteiger partial charge >= 0.3 is 0 Å². The molecule has 0 aromatic carbocycles. The summed E-state index contributed by atoms with van der Waals surface area (Å²) in [6.07, 6.45) is 2.32.